The molecule has 0 aliphatic carbocycles. The first-order chi connectivity index (χ1) is 8.74. The molecule has 1 unspecified atom stereocenters. The summed E-state index contributed by atoms with van der Waals surface area (Å²) in [5.74, 6) is -0.0137. The van der Waals surface area contributed by atoms with Crippen molar-refractivity contribution in [2.75, 3.05) is 0 Å². The molecule has 0 radical (unpaired) electrons. The first kappa shape index (κ1) is 11.0. The normalized spacial score (nSPS) is 18.1. The Hall–Kier alpha value is -2.13. The molecule has 0 fully saturated rings. The molecule has 1 aliphatic heterocycles. The van der Waals surface area contributed by atoms with Gasteiger partial charge in [0.05, 0.1) is 6.42 Å². The van der Waals surface area contributed by atoms with Crippen LogP contribution in [-0.4, -0.2) is 5.91 Å². The van der Waals surface area contributed by atoms with Gasteiger partial charge in [0.1, 0.15) is 6.17 Å². The minimum Gasteiger partial charge on any atom is -0.337 e. The van der Waals surface area contributed by atoms with Crippen molar-refractivity contribution >= 4 is 5.91 Å². The number of benzene rings is 2. The van der Waals surface area contributed by atoms with Crippen molar-refractivity contribution in [3.8, 4) is 11.1 Å². The predicted octanol–water partition coefficient (Wildman–Crippen LogP) is 1.98. The maximum absolute atomic E-state index is 11.5. The van der Waals surface area contributed by atoms with Crippen LogP contribution < -0.4 is 11.1 Å². The summed E-state index contributed by atoms with van der Waals surface area (Å²) < 4.78 is 0. The zero-order valence-electron chi connectivity index (χ0n) is 9.89. The number of fused-ring (bicyclic) bond motifs is 1. The third-order valence-electron chi connectivity index (χ3n) is 3.25. The van der Waals surface area contributed by atoms with E-state index in [1.165, 1.54) is 0 Å². The highest BCUT2D eigenvalue weighted by molar-refractivity contribution is 5.82. The van der Waals surface area contributed by atoms with Crippen molar-refractivity contribution in [3.05, 3.63) is 59.7 Å². The topological polar surface area (TPSA) is 55.1 Å². The number of hydrogen-bond acceptors (Lipinski definition) is 2. The Morgan fingerprint density at radius 3 is 2.61 bits per heavy atom. The van der Waals surface area contributed by atoms with E-state index in [1.807, 2.05) is 30.3 Å². The van der Waals surface area contributed by atoms with E-state index in [0.29, 0.717) is 6.42 Å². The molecule has 18 heavy (non-hydrogen) atoms. The summed E-state index contributed by atoms with van der Waals surface area (Å²) in [6, 6.07) is 16.2. The zero-order valence-corrected chi connectivity index (χ0v) is 9.89. The zero-order chi connectivity index (χ0) is 12.5. The van der Waals surface area contributed by atoms with Crippen LogP contribution in [0.5, 0.6) is 0 Å². The molecule has 2 aromatic rings. The van der Waals surface area contributed by atoms with E-state index in [2.05, 4.69) is 23.5 Å². The Morgan fingerprint density at radius 1 is 1.06 bits per heavy atom. The van der Waals surface area contributed by atoms with Crippen LogP contribution in [0.3, 0.4) is 0 Å². The highest BCUT2D eigenvalue weighted by Gasteiger charge is 2.21. The van der Waals surface area contributed by atoms with Gasteiger partial charge in [-0.25, -0.2) is 0 Å². The molecule has 3 heteroatoms. The van der Waals surface area contributed by atoms with E-state index in [1.54, 1.807) is 0 Å². The number of nitrogens with two attached hydrogens (primary N) is 1. The molecule has 3 rings (SSSR count). The van der Waals surface area contributed by atoms with Gasteiger partial charge in [0.2, 0.25) is 5.91 Å². The standard InChI is InChI=1S/C15H14N2O/c16-15-13-7-6-11(10-4-2-1-3-5-10)8-12(13)9-14(18)17-15/h1-8,15H,9,16H2,(H,17,18). The van der Waals surface area contributed by atoms with Gasteiger partial charge < -0.3 is 11.1 Å². The number of carbonyl (C=O) groups excluding carboxylic acids is 1. The Labute approximate surface area is 106 Å². The van der Waals surface area contributed by atoms with Crippen molar-refractivity contribution in [1.29, 1.82) is 0 Å². The lowest BCUT2D eigenvalue weighted by Crippen LogP contribution is -2.39. The van der Waals surface area contributed by atoms with Gasteiger partial charge in [-0.05, 0) is 22.3 Å². The second-order valence-corrected chi connectivity index (χ2v) is 4.50. The van der Waals surface area contributed by atoms with Gasteiger partial charge >= 0.3 is 0 Å². The fraction of sp³-hybridized carbons (Fsp3) is 0.133. The van der Waals surface area contributed by atoms with Crippen molar-refractivity contribution in [2.45, 2.75) is 12.6 Å². The first-order valence-electron chi connectivity index (χ1n) is 5.97. The largest absolute Gasteiger partial charge is 0.337 e. The third kappa shape index (κ3) is 1.89. The quantitative estimate of drug-likeness (QED) is 0.798. The molecular formula is C15H14N2O. The second-order valence-electron chi connectivity index (χ2n) is 4.50. The lowest BCUT2D eigenvalue weighted by Gasteiger charge is -2.23. The highest BCUT2D eigenvalue weighted by atomic mass is 16.1. The molecule has 1 heterocycles. The van der Waals surface area contributed by atoms with Crippen molar-refractivity contribution in [3.63, 3.8) is 0 Å². The van der Waals surface area contributed by atoms with E-state index < -0.39 is 0 Å². The first-order valence-corrected chi connectivity index (χ1v) is 5.97. The molecule has 2 aromatic carbocycles. The lowest BCUT2D eigenvalue weighted by molar-refractivity contribution is -0.121. The molecule has 3 N–H and O–H groups in total. The van der Waals surface area contributed by atoms with Crippen LogP contribution in [-0.2, 0) is 11.2 Å². The van der Waals surface area contributed by atoms with E-state index in [0.717, 1.165) is 22.3 Å². The summed E-state index contributed by atoms with van der Waals surface area (Å²) >= 11 is 0. The molecule has 3 nitrogen and oxygen atoms in total. The molecule has 0 bridgehead atoms. The van der Waals surface area contributed by atoms with E-state index in [-0.39, 0.29) is 12.1 Å². The van der Waals surface area contributed by atoms with Crippen LogP contribution in [0.1, 0.15) is 17.3 Å². The van der Waals surface area contributed by atoms with Crippen LogP contribution >= 0.6 is 0 Å². The maximum Gasteiger partial charge on any atom is 0.225 e. The summed E-state index contributed by atoms with van der Waals surface area (Å²) in [6.45, 7) is 0. The van der Waals surface area contributed by atoms with Crippen LogP contribution in [0.25, 0.3) is 11.1 Å². The molecular weight excluding hydrogens is 224 g/mol. The Balaban J connectivity index is 2.06. The minimum atomic E-state index is -0.383. The SMILES string of the molecule is NC1NC(=O)Cc2cc(-c3ccccc3)ccc21. The number of rotatable bonds is 1. The van der Waals surface area contributed by atoms with Crippen LogP contribution in [0.15, 0.2) is 48.5 Å². The fourth-order valence-electron chi connectivity index (χ4n) is 2.35. The van der Waals surface area contributed by atoms with Gasteiger partial charge in [-0.1, -0.05) is 48.5 Å². The summed E-state index contributed by atoms with van der Waals surface area (Å²) in [4.78, 5) is 11.5. The summed E-state index contributed by atoms with van der Waals surface area (Å²) in [6.07, 6.45) is 0.0232. The number of hydrogen-bond donors (Lipinski definition) is 2. The highest BCUT2D eigenvalue weighted by Crippen LogP contribution is 2.26. The molecule has 1 aliphatic rings. The van der Waals surface area contributed by atoms with E-state index >= 15 is 0 Å². The molecule has 1 atom stereocenters. The maximum atomic E-state index is 11.5. The second kappa shape index (κ2) is 4.27. The molecule has 0 saturated carbocycles. The average Bonchev–Trinajstić information content (AvgIpc) is 2.39. The Kier molecular flexibility index (Phi) is 2.61. The number of nitrogens with one attached hydrogen (secondary N) is 1. The molecule has 90 valence electrons. The third-order valence-corrected chi connectivity index (χ3v) is 3.25. The lowest BCUT2D eigenvalue weighted by atomic mass is 9.93. The molecule has 0 aromatic heterocycles. The molecule has 0 spiro atoms. The van der Waals surface area contributed by atoms with Crippen LogP contribution in [0, 0.1) is 0 Å². The van der Waals surface area contributed by atoms with Gasteiger partial charge in [0.25, 0.3) is 0 Å². The average molecular weight is 238 g/mol. The smallest absolute Gasteiger partial charge is 0.225 e. The van der Waals surface area contributed by atoms with Gasteiger partial charge in [0.15, 0.2) is 0 Å². The van der Waals surface area contributed by atoms with Gasteiger partial charge in [-0.2, -0.15) is 0 Å². The minimum absolute atomic E-state index is 0.0137. The Bertz CT molecular complexity index is 593. The van der Waals surface area contributed by atoms with E-state index in [4.69, 9.17) is 5.73 Å². The van der Waals surface area contributed by atoms with Crippen molar-refractivity contribution < 1.29 is 4.79 Å². The van der Waals surface area contributed by atoms with Crippen LogP contribution in [0.4, 0.5) is 0 Å². The molecule has 0 saturated heterocycles. The summed E-state index contributed by atoms with van der Waals surface area (Å²) in [5.41, 5.74) is 10.2. The molecule has 1 amide bonds. The van der Waals surface area contributed by atoms with Gasteiger partial charge in [-0.3, -0.25) is 4.79 Å². The van der Waals surface area contributed by atoms with Crippen molar-refractivity contribution in [2.24, 2.45) is 5.73 Å². The summed E-state index contributed by atoms with van der Waals surface area (Å²) in [5, 5.41) is 2.73. The number of amides is 1. The monoisotopic (exact) mass is 238 g/mol. The van der Waals surface area contributed by atoms with Crippen LogP contribution in [0.2, 0.25) is 0 Å². The van der Waals surface area contributed by atoms with E-state index in [9.17, 15) is 4.79 Å². The summed E-state index contributed by atoms with van der Waals surface area (Å²) in [7, 11) is 0. The van der Waals surface area contributed by atoms with Gasteiger partial charge in [-0.15, -0.1) is 0 Å². The number of carbonyl (C=O) groups is 1. The fourth-order valence-corrected chi connectivity index (χ4v) is 2.35. The van der Waals surface area contributed by atoms with Gasteiger partial charge in [0, 0.05) is 0 Å². The predicted molar refractivity (Wildman–Crippen MR) is 70.7 cm³/mol. The van der Waals surface area contributed by atoms with Crippen molar-refractivity contribution in [1.82, 2.24) is 5.32 Å². The Morgan fingerprint density at radius 2 is 1.83 bits per heavy atom.